The number of methoxy groups -OCH3 is 1. The standard InChI is InChI=1S/C14H22N2O2/c1-3-16-14(13-6-4-5-7-18-13)11-8-12(17-2)10-15-9-11/h8-10,13-14,16H,3-7H2,1-2H3. The lowest BCUT2D eigenvalue weighted by atomic mass is 9.96. The molecule has 2 rings (SSSR count). The van der Waals surface area contributed by atoms with Crippen LogP contribution < -0.4 is 10.1 Å². The highest BCUT2D eigenvalue weighted by Crippen LogP contribution is 2.27. The molecule has 1 N–H and O–H groups in total. The highest BCUT2D eigenvalue weighted by atomic mass is 16.5. The maximum Gasteiger partial charge on any atom is 0.137 e. The van der Waals surface area contributed by atoms with E-state index in [-0.39, 0.29) is 12.1 Å². The van der Waals surface area contributed by atoms with Crippen molar-refractivity contribution in [2.75, 3.05) is 20.3 Å². The Balaban J connectivity index is 2.16. The van der Waals surface area contributed by atoms with Crippen LogP contribution in [0.1, 0.15) is 37.8 Å². The molecule has 18 heavy (non-hydrogen) atoms. The van der Waals surface area contributed by atoms with E-state index in [1.807, 2.05) is 12.3 Å². The van der Waals surface area contributed by atoms with Gasteiger partial charge in [-0.05, 0) is 37.4 Å². The summed E-state index contributed by atoms with van der Waals surface area (Å²) in [6, 6.07) is 2.25. The summed E-state index contributed by atoms with van der Waals surface area (Å²) >= 11 is 0. The van der Waals surface area contributed by atoms with Crippen LogP contribution in [0.3, 0.4) is 0 Å². The van der Waals surface area contributed by atoms with Gasteiger partial charge in [-0.2, -0.15) is 0 Å². The first-order valence-corrected chi connectivity index (χ1v) is 6.69. The molecule has 1 saturated heterocycles. The van der Waals surface area contributed by atoms with Crippen molar-refractivity contribution in [3.8, 4) is 5.75 Å². The largest absolute Gasteiger partial charge is 0.495 e. The molecule has 0 amide bonds. The van der Waals surface area contributed by atoms with Crippen molar-refractivity contribution in [3.63, 3.8) is 0 Å². The van der Waals surface area contributed by atoms with E-state index in [0.29, 0.717) is 0 Å². The Labute approximate surface area is 109 Å². The van der Waals surface area contributed by atoms with Gasteiger partial charge in [-0.3, -0.25) is 4.98 Å². The molecule has 2 unspecified atom stereocenters. The van der Waals surface area contributed by atoms with Crippen molar-refractivity contribution in [1.82, 2.24) is 10.3 Å². The Hall–Kier alpha value is -1.13. The molecule has 1 fully saturated rings. The maximum absolute atomic E-state index is 5.89. The van der Waals surface area contributed by atoms with Gasteiger partial charge in [0.2, 0.25) is 0 Å². The molecule has 0 spiro atoms. The molecule has 4 heteroatoms. The number of nitrogens with zero attached hydrogens (tertiary/aromatic N) is 1. The summed E-state index contributed by atoms with van der Waals surface area (Å²) < 4.78 is 11.1. The highest BCUT2D eigenvalue weighted by Gasteiger charge is 2.25. The lowest BCUT2D eigenvalue weighted by Crippen LogP contribution is -2.36. The van der Waals surface area contributed by atoms with Crippen molar-refractivity contribution >= 4 is 0 Å². The molecule has 0 aromatic carbocycles. The Morgan fingerprint density at radius 3 is 3.06 bits per heavy atom. The first-order valence-electron chi connectivity index (χ1n) is 6.69. The molecule has 0 bridgehead atoms. The van der Waals surface area contributed by atoms with Crippen molar-refractivity contribution in [2.24, 2.45) is 0 Å². The molecule has 1 aromatic heterocycles. The minimum absolute atomic E-state index is 0.206. The van der Waals surface area contributed by atoms with Gasteiger partial charge < -0.3 is 14.8 Å². The van der Waals surface area contributed by atoms with Crippen LogP contribution >= 0.6 is 0 Å². The van der Waals surface area contributed by atoms with E-state index in [1.165, 1.54) is 12.8 Å². The summed E-state index contributed by atoms with van der Waals surface area (Å²) in [6.45, 7) is 3.90. The fourth-order valence-corrected chi connectivity index (χ4v) is 2.43. The fourth-order valence-electron chi connectivity index (χ4n) is 2.43. The second kappa shape index (κ2) is 6.71. The van der Waals surface area contributed by atoms with E-state index in [1.54, 1.807) is 13.3 Å². The Morgan fingerprint density at radius 2 is 2.39 bits per heavy atom. The zero-order valence-corrected chi connectivity index (χ0v) is 11.2. The van der Waals surface area contributed by atoms with Crippen molar-refractivity contribution in [1.29, 1.82) is 0 Å². The zero-order chi connectivity index (χ0) is 12.8. The van der Waals surface area contributed by atoms with Gasteiger partial charge in [-0.15, -0.1) is 0 Å². The molecule has 2 atom stereocenters. The van der Waals surface area contributed by atoms with Gasteiger partial charge in [-0.25, -0.2) is 0 Å². The Bertz CT molecular complexity index is 365. The van der Waals surface area contributed by atoms with Gasteiger partial charge in [0, 0.05) is 12.8 Å². The number of rotatable bonds is 5. The third-order valence-electron chi connectivity index (χ3n) is 3.34. The summed E-state index contributed by atoms with van der Waals surface area (Å²) in [5.41, 5.74) is 1.14. The molecule has 1 aliphatic heterocycles. The van der Waals surface area contributed by atoms with Gasteiger partial charge in [0.15, 0.2) is 0 Å². The average molecular weight is 250 g/mol. The van der Waals surface area contributed by atoms with E-state index in [0.717, 1.165) is 30.9 Å². The number of hydrogen-bond acceptors (Lipinski definition) is 4. The quantitative estimate of drug-likeness (QED) is 0.871. The van der Waals surface area contributed by atoms with Crippen LogP contribution in [0, 0.1) is 0 Å². The lowest BCUT2D eigenvalue weighted by Gasteiger charge is -2.31. The van der Waals surface area contributed by atoms with Crippen LogP contribution in [0.15, 0.2) is 18.5 Å². The number of hydrogen-bond donors (Lipinski definition) is 1. The molecule has 1 aliphatic rings. The van der Waals surface area contributed by atoms with E-state index in [9.17, 15) is 0 Å². The van der Waals surface area contributed by atoms with Gasteiger partial charge >= 0.3 is 0 Å². The first kappa shape index (κ1) is 13.3. The summed E-state index contributed by atoms with van der Waals surface area (Å²) in [7, 11) is 1.67. The van der Waals surface area contributed by atoms with E-state index in [4.69, 9.17) is 9.47 Å². The second-order valence-corrected chi connectivity index (χ2v) is 4.60. The molecule has 0 saturated carbocycles. The number of likely N-dealkylation sites (N-methyl/N-ethyl adjacent to an activating group) is 1. The molecule has 0 aliphatic carbocycles. The van der Waals surface area contributed by atoms with Crippen LogP contribution in [-0.2, 0) is 4.74 Å². The van der Waals surface area contributed by atoms with Gasteiger partial charge in [0.05, 0.1) is 25.5 Å². The van der Waals surface area contributed by atoms with Crippen LogP contribution in [-0.4, -0.2) is 31.3 Å². The van der Waals surface area contributed by atoms with E-state index in [2.05, 4.69) is 17.2 Å². The van der Waals surface area contributed by atoms with Crippen LogP contribution in [0.2, 0.25) is 0 Å². The third-order valence-corrected chi connectivity index (χ3v) is 3.34. The van der Waals surface area contributed by atoms with Gasteiger partial charge in [0.25, 0.3) is 0 Å². The monoisotopic (exact) mass is 250 g/mol. The molecular weight excluding hydrogens is 228 g/mol. The molecule has 0 radical (unpaired) electrons. The van der Waals surface area contributed by atoms with Crippen molar-refractivity contribution < 1.29 is 9.47 Å². The van der Waals surface area contributed by atoms with Crippen molar-refractivity contribution in [2.45, 2.75) is 38.3 Å². The highest BCUT2D eigenvalue weighted by molar-refractivity contribution is 5.26. The first-order chi connectivity index (χ1) is 8.85. The smallest absolute Gasteiger partial charge is 0.137 e. The average Bonchev–Trinajstić information content (AvgIpc) is 2.46. The lowest BCUT2D eigenvalue weighted by molar-refractivity contribution is -0.00796. The fraction of sp³-hybridized carbons (Fsp3) is 0.643. The molecule has 100 valence electrons. The minimum Gasteiger partial charge on any atom is -0.495 e. The topological polar surface area (TPSA) is 43.4 Å². The number of pyridine rings is 1. The number of aromatic nitrogens is 1. The van der Waals surface area contributed by atoms with Crippen LogP contribution in [0.4, 0.5) is 0 Å². The van der Waals surface area contributed by atoms with Gasteiger partial charge in [0.1, 0.15) is 5.75 Å². The molecule has 2 heterocycles. The normalized spacial score (nSPS) is 21.6. The maximum atomic E-state index is 5.89. The predicted molar refractivity (Wildman–Crippen MR) is 70.8 cm³/mol. The SMILES string of the molecule is CCNC(c1cncc(OC)c1)C1CCCCO1. The van der Waals surface area contributed by atoms with Crippen LogP contribution in [0.25, 0.3) is 0 Å². The second-order valence-electron chi connectivity index (χ2n) is 4.60. The minimum atomic E-state index is 0.206. The van der Waals surface area contributed by atoms with E-state index >= 15 is 0 Å². The molecule has 4 nitrogen and oxygen atoms in total. The Morgan fingerprint density at radius 1 is 1.50 bits per heavy atom. The third kappa shape index (κ3) is 3.21. The van der Waals surface area contributed by atoms with E-state index < -0.39 is 0 Å². The summed E-state index contributed by atoms with van der Waals surface area (Å²) in [5.74, 6) is 0.797. The summed E-state index contributed by atoms with van der Waals surface area (Å²) in [6.07, 6.45) is 7.39. The molecular formula is C14H22N2O2. The Kier molecular flexibility index (Phi) is 4.96. The van der Waals surface area contributed by atoms with Crippen molar-refractivity contribution in [3.05, 3.63) is 24.0 Å². The molecule has 1 aromatic rings. The summed E-state index contributed by atoms with van der Waals surface area (Å²) in [5, 5.41) is 3.50. The van der Waals surface area contributed by atoms with Gasteiger partial charge in [-0.1, -0.05) is 6.92 Å². The number of nitrogens with one attached hydrogen (secondary N) is 1. The predicted octanol–water partition coefficient (Wildman–Crippen LogP) is 2.31. The van der Waals surface area contributed by atoms with Crippen LogP contribution in [0.5, 0.6) is 5.75 Å². The zero-order valence-electron chi connectivity index (χ0n) is 11.2. The summed E-state index contributed by atoms with van der Waals surface area (Å²) in [4.78, 5) is 4.23. The number of ether oxygens (including phenoxy) is 2.